The van der Waals surface area contributed by atoms with Gasteiger partial charge in [0, 0.05) is 13.3 Å². The quantitative estimate of drug-likeness (QED) is 0.442. The smallest absolute Gasteiger partial charge is 0.313 e. The fourth-order valence-electron chi connectivity index (χ4n) is 0.532. The van der Waals surface area contributed by atoms with Crippen molar-refractivity contribution in [1.82, 2.24) is 0 Å². The predicted octanol–water partition coefficient (Wildman–Crippen LogP) is 1.27. The van der Waals surface area contributed by atoms with E-state index in [9.17, 15) is 9.59 Å². The van der Waals surface area contributed by atoms with E-state index in [1.165, 1.54) is 6.92 Å². The van der Waals surface area contributed by atoms with Crippen LogP contribution < -0.4 is 0 Å². The summed E-state index contributed by atoms with van der Waals surface area (Å²) >= 11 is 0. The third-order valence-corrected chi connectivity index (χ3v) is 0.992. The molecule has 0 aliphatic rings. The molecule has 0 amide bonds. The van der Waals surface area contributed by atoms with E-state index >= 15 is 0 Å². The van der Waals surface area contributed by atoms with Gasteiger partial charge in [-0.05, 0) is 6.42 Å². The van der Waals surface area contributed by atoms with Gasteiger partial charge in [0.05, 0.1) is 0 Å². The predicted molar refractivity (Wildman–Crippen MR) is 36.3 cm³/mol. The minimum atomic E-state index is -0.527. The van der Waals surface area contributed by atoms with Crippen LogP contribution in [-0.4, -0.2) is 11.9 Å². The normalized spacial score (nSPS) is 9.00. The molecule has 0 aromatic heterocycles. The van der Waals surface area contributed by atoms with Crippen LogP contribution in [-0.2, 0) is 14.3 Å². The minimum Gasteiger partial charge on any atom is -0.393 e. The fourth-order valence-corrected chi connectivity index (χ4v) is 0.532. The van der Waals surface area contributed by atoms with Gasteiger partial charge in [0.25, 0.3) is 0 Å². The molecule has 0 saturated carbocycles. The van der Waals surface area contributed by atoms with Crippen LogP contribution in [0.4, 0.5) is 0 Å². The van der Waals surface area contributed by atoms with Gasteiger partial charge in [0.1, 0.15) is 0 Å². The zero-order chi connectivity index (χ0) is 7.98. The maximum atomic E-state index is 10.6. The number of unbranched alkanes of at least 4 members (excludes halogenated alkanes) is 1. The summed E-state index contributed by atoms with van der Waals surface area (Å²) in [5.74, 6) is -0.949. The Balaban J connectivity index is 3.35. The summed E-state index contributed by atoms with van der Waals surface area (Å²) in [7, 11) is 0. The molecule has 0 radical (unpaired) electrons. The standard InChI is InChI=1S/C7H12O3/c1-3-4-5-7(9)10-6(2)8/h3-5H2,1-2H3. The first-order valence-electron chi connectivity index (χ1n) is 3.38. The highest BCUT2D eigenvalue weighted by atomic mass is 16.6. The second-order valence-electron chi connectivity index (χ2n) is 2.07. The van der Waals surface area contributed by atoms with Gasteiger partial charge in [0.15, 0.2) is 0 Å². The summed E-state index contributed by atoms with van der Waals surface area (Å²) in [6.07, 6.45) is 2.06. The highest BCUT2D eigenvalue weighted by Crippen LogP contribution is 1.95. The molecular weight excluding hydrogens is 132 g/mol. The lowest BCUT2D eigenvalue weighted by Gasteiger charge is -1.96. The van der Waals surface area contributed by atoms with E-state index < -0.39 is 11.9 Å². The SMILES string of the molecule is CCCCC(=O)OC(C)=O. The molecule has 3 heteroatoms. The van der Waals surface area contributed by atoms with Crippen molar-refractivity contribution in [3.05, 3.63) is 0 Å². The van der Waals surface area contributed by atoms with E-state index in [0.717, 1.165) is 12.8 Å². The Kier molecular flexibility index (Phi) is 4.54. The van der Waals surface area contributed by atoms with Crippen molar-refractivity contribution in [2.24, 2.45) is 0 Å². The lowest BCUT2D eigenvalue weighted by molar-refractivity contribution is -0.158. The second kappa shape index (κ2) is 4.97. The molecule has 0 rings (SSSR count). The van der Waals surface area contributed by atoms with Crippen molar-refractivity contribution in [3.8, 4) is 0 Å². The highest BCUT2D eigenvalue weighted by Gasteiger charge is 2.03. The van der Waals surface area contributed by atoms with Gasteiger partial charge in [-0.3, -0.25) is 9.59 Å². The molecule has 10 heavy (non-hydrogen) atoms. The molecule has 0 aliphatic carbocycles. The third kappa shape index (κ3) is 5.28. The Morgan fingerprint density at radius 2 is 2.00 bits per heavy atom. The molecule has 0 atom stereocenters. The minimum absolute atomic E-state index is 0.343. The van der Waals surface area contributed by atoms with E-state index in [-0.39, 0.29) is 0 Å². The first-order chi connectivity index (χ1) is 4.66. The summed E-state index contributed by atoms with van der Waals surface area (Å²) < 4.78 is 4.27. The van der Waals surface area contributed by atoms with Gasteiger partial charge < -0.3 is 4.74 Å². The summed E-state index contributed by atoms with van der Waals surface area (Å²) in [4.78, 5) is 20.7. The molecule has 0 aromatic carbocycles. The molecule has 0 heterocycles. The zero-order valence-corrected chi connectivity index (χ0v) is 6.35. The number of rotatable bonds is 3. The van der Waals surface area contributed by atoms with Crippen molar-refractivity contribution in [1.29, 1.82) is 0 Å². The molecule has 0 spiro atoms. The van der Waals surface area contributed by atoms with E-state index in [1.54, 1.807) is 0 Å². The van der Waals surface area contributed by atoms with Crippen molar-refractivity contribution in [3.63, 3.8) is 0 Å². The summed E-state index contributed by atoms with van der Waals surface area (Å²) in [5.41, 5.74) is 0. The molecule has 0 aliphatic heterocycles. The first-order valence-corrected chi connectivity index (χ1v) is 3.38. The van der Waals surface area contributed by atoms with Gasteiger partial charge in [-0.25, -0.2) is 0 Å². The molecule has 0 N–H and O–H groups in total. The Labute approximate surface area is 60.4 Å². The van der Waals surface area contributed by atoms with Crippen LogP contribution in [0, 0.1) is 0 Å². The fraction of sp³-hybridized carbons (Fsp3) is 0.714. The van der Waals surface area contributed by atoms with Gasteiger partial charge in [-0.2, -0.15) is 0 Å². The van der Waals surface area contributed by atoms with Crippen molar-refractivity contribution >= 4 is 11.9 Å². The van der Waals surface area contributed by atoms with E-state index in [2.05, 4.69) is 4.74 Å². The Bertz CT molecular complexity index is 129. The third-order valence-electron chi connectivity index (χ3n) is 0.992. The van der Waals surface area contributed by atoms with Crippen LogP contribution in [0.1, 0.15) is 33.1 Å². The van der Waals surface area contributed by atoms with E-state index in [0.29, 0.717) is 6.42 Å². The topological polar surface area (TPSA) is 43.4 Å². The maximum absolute atomic E-state index is 10.6. The molecule has 0 unspecified atom stereocenters. The van der Waals surface area contributed by atoms with Gasteiger partial charge in [0.2, 0.25) is 0 Å². The lowest BCUT2D eigenvalue weighted by Crippen LogP contribution is -2.07. The van der Waals surface area contributed by atoms with Crippen LogP contribution in [0.25, 0.3) is 0 Å². The van der Waals surface area contributed by atoms with Crippen molar-refractivity contribution in [2.45, 2.75) is 33.1 Å². The van der Waals surface area contributed by atoms with Crippen LogP contribution in [0.15, 0.2) is 0 Å². The van der Waals surface area contributed by atoms with Gasteiger partial charge in [-0.15, -0.1) is 0 Å². The Morgan fingerprint density at radius 1 is 1.40 bits per heavy atom. The maximum Gasteiger partial charge on any atom is 0.313 e. The van der Waals surface area contributed by atoms with E-state index in [1.807, 2.05) is 6.92 Å². The van der Waals surface area contributed by atoms with Gasteiger partial charge >= 0.3 is 11.9 Å². The molecule has 0 aromatic rings. The number of esters is 2. The number of carbonyl (C=O) groups is 2. The Morgan fingerprint density at radius 3 is 2.40 bits per heavy atom. The summed E-state index contributed by atoms with van der Waals surface area (Å²) in [6.45, 7) is 3.20. The highest BCUT2D eigenvalue weighted by molar-refractivity contribution is 5.83. The van der Waals surface area contributed by atoms with E-state index in [4.69, 9.17) is 0 Å². The zero-order valence-electron chi connectivity index (χ0n) is 6.35. The average molecular weight is 144 g/mol. The summed E-state index contributed by atoms with van der Waals surface area (Å²) in [6, 6.07) is 0. The first kappa shape index (κ1) is 9.14. The monoisotopic (exact) mass is 144 g/mol. The van der Waals surface area contributed by atoms with Crippen LogP contribution >= 0.6 is 0 Å². The van der Waals surface area contributed by atoms with Crippen LogP contribution in [0.3, 0.4) is 0 Å². The molecule has 0 saturated heterocycles. The van der Waals surface area contributed by atoms with Crippen molar-refractivity contribution < 1.29 is 14.3 Å². The average Bonchev–Trinajstić information content (AvgIpc) is 1.82. The Hall–Kier alpha value is -0.860. The molecule has 0 fully saturated rings. The van der Waals surface area contributed by atoms with Gasteiger partial charge in [-0.1, -0.05) is 13.3 Å². The van der Waals surface area contributed by atoms with Crippen LogP contribution in [0.2, 0.25) is 0 Å². The molecular formula is C7H12O3. The largest absolute Gasteiger partial charge is 0.393 e. The van der Waals surface area contributed by atoms with Crippen molar-refractivity contribution in [2.75, 3.05) is 0 Å². The van der Waals surface area contributed by atoms with Crippen LogP contribution in [0.5, 0.6) is 0 Å². The number of ether oxygens (including phenoxy) is 1. The molecule has 58 valence electrons. The number of hydrogen-bond acceptors (Lipinski definition) is 3. The number of carbonyl (C=O) groups excluding carboxylic acids is 2. The molecule has 0 bridgehead atoms. The molecule has 3 nitrogen and oxygen atoms in total. The summed E-state index contributed by atoms with van der Waals surface area (Å²) in [5, 5.41) is 0. The second-order valence-corrected chi connectivity index (χ2v) is 2.07. The number of hydrogen-bond donors (Lipinski definition) is 0. The lowest BCUT2D eigenvalue weighted by atomic mass is 10.2.